The lowest BCUT2D eigenvalue weighted by Gasteiger charge is -2.26. The van der Waals surface area contributed by atoms with Gasteiger partial charge in [0.2, 0.25) is 5.82 Å². The number of hydrogen-bond donors (Lipinski definition) is 0. The highest BCUT2D eigenvalue weighted by Crippen LogP contribution is 2.22. The lowest BCUT2D eigenvalue weighted by atomic mass is 10.1. The van der Waals surface area contributed by atoms with Crippen LogP contribution in [0.4, 0.5) is 10.1 Å². The summed E-state index contributed by atoms with van der Waals surface area (Å²) in [7, 11) is 0. The van der Waals surface area contributed by atoms with Gasteiger partial charge < -0.3 is 0 Å². The van der Waals surface area contributed by atoms with Crippen LogP contribution in [0.1, 0.15) is 45.6 Å². The van der Waals surface area contributed by atoms with Crippen LogP contribution < -0.4 is 0 Å². The van der Waals surface area contributed by atoms with Crippen LogP contribution in [0.3, 0.4) is 0 Å². The second kappa shape index (κ2) is 7.94. The van der Waals surface area contributed by atoms with Gasteiger partial charge in [-0.25, -0.2) is 0 Å². The van der Waals surface area contributed by atoms with Crippen molar-refractivity contribution in [3.05, 3.63) is 39.7 Å². The maximum Gasteiger partial charge on any atom is 0.305 e. The van der Waals surface area contributed by atoms with Gasteiger partial charge in [-0.15, -0.1) is 0 Å². The molecule has 0 spiro atoms. The summed E-state index contributed by atoms with van der Waals surface area (Å²) in [5.74, 6) is -0.710. The summed E-state index contributed by atoms with van der Waals surface area (Å²) in [5, 5.41) is 10.8. The minimum absolute atomic E-state index is 0.283. The molecular formula is C15H23FN2O2. The predicted molar refractivity (Wildman–Crippen MR) is 78.1 cm³/mol. The quantitative estimate of drug-likeness (QED) is 0.409. The third-order valence-corrected chi connectivity index (χ3v) is 3.41. The fraction of sp³-hybridized carbons (Fsp3) is 0.600. The summed E-state index contributed by atoms with van der Waals surface area (Å²) < 4.78 is 14.1. The molecule has 0 aliphatic heterocycles. The van der Waals surface area contributed by atoms with Crippen LogP contribution >= 0.6 is 0 Å². The molecule has 4 nitrogen and oxygen atoms in total. The lowest BCUT2D eigenvalue weighted by molar-refractivity contribution is -0.387. The molecule has 20 heavy (non-hydrogen) atoms. The number of halogens is 1. The molecule has 0 aromatic heterocycles. The normalized spacial score (nSPS) is 11.3. The van der Waals surface area contributed by atoms with Crippen LogP contribution in [-0.2, 0) is 6.54 Å². The molecule has 1 aromatic carbocycles. The van der Waals surface area contributed by atoms with Gasteiger partial charge in [-0.1, -0.05) is 31.9 Å². The smallest absolute Gasteiger partial charge is 0.297 e. The average Bonchev–Trinajstić information content (AvgIpc) is 2.39. The third-order valence-electron chi connectivity index (χ3n) is 3.41. The zero-order chi connectivity index (χ0) is 15.1. The number of nitro groups is 1. The van der Waals surface area contributed by atoms with E-state index in [1.165, 1.54) is 6.07 Å². The molecular weight excluding hydrogens is 259 g/mol. The highest BCUT2D eigenvalue weighted by molar-refractivity contribution is 5.36. The van der Waals surface area contributed by atoms with E-state index >= 15 is 0 Å². The van der Waals surface area contributed by atoms with Crippen molar-refractivity contribution in [2.45, 2.75) is 52.6 Å². The molecule has 1 aromatic rings. The van der Waals surface area contributed by atoms with Crippen molar-refractivity contribution >= 4 is 5.69 Å². The summed E-state index contributed by atoms with van der Waals surface area (Å²) >= 11 is 0. The van der Waals surface area contributed by atoms with Gasteiger partial charge in [0, 0.05) is 24.2 Å². The van der Waals surface area contributed by atoms with E-state index in [4.69, 9.17) is 0 Å². The van der Waals surface area contributed by atoms with Gasteiger partial charge in [0.05, 0.1) is 4.92 Å². The van der Waals surface area contributed by atoms with E-state index < -0.39 is 16.4 Å². The van der Waals surface area contributed by atoms with Gasteiger partial charge >= 0.3 is 5.69 Å². The second-order valence-electron chi connectivity index (χ2n) is 5.28. The van der Waals surface area contributed by atoms with Crippen molar-refractivity contribution in [1.29, 1.82) is 0 Å². The molecule has 0 atom stereocenters. The molecule has 0 saturated carbocycles. The van der Waals surface area contributed by atoms with Gasteiger partial charge in [0.25, 0.3) is 0 Å². The Morgan fingerprint density at radius 2 is 2.05 bits per heavy atom. The van der Waals surface area contributed by atoms with E-state index in [2.05, 4.69) is 25.7 Å². The summed E-state index contributed by atoms with van der Waals surface area (Å²) in [6.45, 7) is 7.55. The van der Waals surface area contributed by atoms with Crippen LogP contribution in [0, 0.1) is 15.9 Å². The molecule has 1 rings (SSSR count). The molecule has 0 saturated heterocycles. The molecule has 0 aliphatic rings. The van der Waals surface area contributed by atoms with Gasteiger partial charge in [-0.2, -0.15) is 4.39 Å². The largest absolute Gasteiger partial charge is 0.305 e. The molecule has 0 fully saturated rings. The standard InChI is InChI=1S/C15H23FN2O2/c1-4-5-6-10-17(12(2)3)11-13-8-7-9-14(15(13)16)18(19)20/h7-9,12H,4-6,10-11H2,1-3H3. The first-order valence-electron chi connectivity index (χ1n) is 7.13. The Morgan fingerprint density at radius 1 is 1.35 bits per heavy atom. The van der Waals surface area contributed by atoms with E-state index in [0.717, 1.165) is 25.8 Å². The van der Waals surface area contributed by atoms with E-state index in [1.807, 2.05) is 0 Å². The van der Waals surface area contributed by atoms with E-state index in [-0.39, 0.29) is 6.04 Å². The van der Waals surface area contributed by atoms with Gasteiger partial charge in [-0.3, -0.25) is 15.0 Å². The van der Waals surface area contributed by atoms with Crippen LogP contribution in [-0.4, -0.2) is 22.4 Å². The maximum absolute atomic E-state index is 14.1. The minimum atomic E-state index is -0.710. The minimum Gasteiger partial charge on any atom is -0.297 e. The van der Waals surface area contributed by atoms with E-state index in [0.29, 0.717) is 12.1 Å². The van der Waals surface area contributed by atoms with Crippen molar-refractivity contribution in [2.24, 2.45) is 0 Å². The second-order valence-corrected chi connectivity index (χ2v) is 5.28. The third kappa shape index (κ3) is 4.56. The first kappa shape index (κ1) is 16.6. The number of hydrogen-bond acceptors (Lipinski definition) is 3. The highest BCUT2D eigenvalue weighted by Gasteiger charge is 2.19. The fourth-order valence-electron chi connectivity index (χ4n) is 2.13. The lowest BCUT2D eigenvalue weighted by Crippen LogP contribution is -2.31. The van der Waals surface area contributed by atoms with Gasteiger partial charge in [0.1, 0.15) is 0 Å². The Bertz CT molecular complexity index is 449. The zero-order valence-corrected chi connectivity index (χ0v) is 12.4. The molecule has 112 valence electrons. The van der Waals surface area contributed by atoms with Gasteiger partial charge in [-0.05, 0) is 26.8 Å². The highest BCUT2D eigenvalue weighted by atomic mass is 19.1. The molecule has 0 heterocycles. The number of nitro benzene ring substituents is 1. The van der Waals surface area contributed by atoms with E-state index in [1.54, 1.807) is 12.1 Å². The zero-order valence-electron chi connectivity index (χ0n) is 12.4. The Balaban J connectivity index is 2.83. The Labute approximate surface area is 119 Å². The predicted octanol–water partition coefficient (Wildman–Crippen LogP) is 4.13. The molecule has 0 radical (unpaired) electrons. The van der Waals surface area contributed by atoms with Crippen LogP contribution in [0.2, 0.25) is 0 Å². The van der Waals surface area contributed by atoms with Crippen molar-refractivity contribution in [1.82, 2.24) is 4.90 Å². The molecule has 5 heteroatoms. The molecule has 0 unspecified atom stereocenters. The SMILES string of the molecule is CCCCCN(Cc1cccc([N+](=O)[O-])c1F)C(C)C. The molecule has 0 aliphatic carbocycles. The average molecular weight is 282 g/mol. The topological polar surface area (TPSA) is 46.4 Å². The Kier molecular flexibility index (Phi) is 6.58. The maximum atomic E-state index is 14.1. The Hall–Kier alpha value is -1.49. The molecule has 0 bridgehead atoms. The van der Waals surface area contributed by atoms with Gasteiger partial charge in [0.15, 0.2) is 0 Å². The van der Waals surface area contributed by atoms with E-state index in [9.17, 15) is 14.5 Å². The number of benzene rings is 1. The summed E-state index contributed by atoms with van der Waals surface area (Å²) in [6, 6.07) is 4.65. The Morgan fingerprint density at radius 3 is 2.60 bits per heavy atom. The summed E-state index contributed by atoms with van der Waals surface area (Å²) in [4.78, 5) is 12.2. The summed E-state index contributed by atoms with van der Waals surface area (Å²) in [6.07, 6.45) is 3.34. The summed E-state index contributed by atoms with van der Waals surface area (Å²) in [5.41, 5.74) is -0.0517. The van der Waals surface area contributed by atoms with Crippen LogP contribution in [0.5, 0.6) is 0 Å². The monoisotopic (exact) mass is 282 g/mol. The van der Waals surface area contributed by atoms with Crippen LogP contribution in [0.25, 0.3) is 0 Å². The fourth-order valence-corrected chi connectivity index (χ4v) is 2.13. The number of rotatable bonds is 8. The number of unbranched alkanes of at least 4 members (excludes halogenated alkanes) is 2. The van der Waals surface area contributed by atoms with Crippen LogP contribution in [0.15, 0.2) is 18.2 Å². The van der Waals surface area contributed by atoms with Crippen molar-refractivity contribution in [3.63, 3.8) is 0 Å². The number of nitrogens with zero attached hydrogens (tertiary/aromatic N) is 2. The van der Waals surface area contributed by atoms with Crippen molar-refractivity contribution in [2.75, 3.05) is 6.54 Å². The first-order chi connectivity index (χ1) is 9.47. The van der Waals surface area contributed by atoms with Crippen molar-refractivity contribution in [3.8, 4) is 0 Å². The molecule has 0 amide bonds. The van der Waals surface area contributed by atoms with Crippen molar-refractivity contribution < 1.29 is 9.31 Å². The molecule has 0 N–H and O–H groups in total. The first-order valence-corrected chi connectivity index (χ1v) is 7.13.